The van der Waals surface area contributed by atoms with Gasteiger partial charge < -0.3 is 22.8 Å². The summed E-state index contributed by atoms with van der Waals surface area (Å²) in [4.78, 5) is 22.5. The Morgan fingerprint density at radius 3 is 2.26 bits per heavy atom. The average molecular weight is 332 g/mol. The predicted molar refractivity (Wildman–Crippen MR) is 81.1 cm³/mol. The Morgan fingerprint density at radius 2 is 1.83 bits per heavy atom. The SMILES string of the molecule is Cc1c(NC(=O)OC(C)(C)C)cc(CC(=O)O)cc1[B-](F)(F)F. The van der Waals surface area contributed by atoms with Crippen molar-refractivity contribution in [3.05, 3.63) is 23.3 Å². The molecule has 0 aliphatic heterocycles. The number of carboxylic acid groups (broad SMARTS) is 1. The predicted octanol–water partition coefficient (Wildman–Crippen LogP) is 3.02. The molecule has 0 heterocycles. The lowest BCUT2D eigenvalue weighted by molar-refractivity contribution is -0.136. The number of carboxylic acids is 1. The highest BCUT2D eigenvalue weighted by atomic mass is 19.4. The third-order valence-electron chi connectivity index (χ3n) is 2.85. The molecule has 0 saturated heterocycles. The minimum atomic E-state index is -5.34. The number of aliphatic carboxylic acids is 1. The number of carbonyl (C=O) groups excluding carboxylic acids is 1. The average Bonchev–Trinajstić information content (AvgIpc) is 2.28. The number of amides is 1. The molecule has 0 atom stereocenters. The van der Waals surface area contributed by atoms with Gasteiger partial charge in [0, 0.05) is 5.69 Å². The van der Waals surface area contributed by atoms with Crippen molar-refractivity contribution in [3.8, 4) is 0 Å². The molecular weight excluding hydrogens is 314 g/mol. The Labute approximate surface area is 131 Å². The van der Waals surface area contributed by atoms with Crippen LogP contribution in [0.1, 0.15) is 31.9 Å². The van der Waals surface area contributed by atoms with Crippen LogP contribution >= 0.6 is 0 Å². The Morgan fingerprint density at radius 1 is 1.26 bits per heavy atom. The number of hydrogen-bond acceptors (Lipinski definition) is 3. The Hall–Kier alpha value is -2.19. The number of halogens is 3. The van der Waals surface area contributed by atoms with Gasteiger partial charge in [-0.05, 0) is 39.3 Å². The fourth-order valence-corrected chi connectivity index (χ4v) is 1.96. The topological polar surface area (TPSA) is 75.6 Å². The molecule has 1 rings (SSSR count). The van der Waals surface area contributed by atoms with Crippen LogP contribution in [-0.2, 0) is 16.0 Å². The van der Waals surface area contributed by atoms with E-state index in [0.29, 0.717) is 0 Å². The summed E-state index contributed by atoms with van der Waals surface area (Å²) < 4.78 is 44.4. The van der Waals surface area contributed by atoms with Crippen molar-refractivity contribution < 1.29 is 32.4 Å². The van der Waals surface area contributed by atoms with Crippen LogP contribution in [0.3, 0.4) is 0 Å². The van der Waals surface area contributed by atoms with E-state index in [9.17, 15) is 22.5 Å². The van der Waals surface area contributed by atoms with Gasteiger partial charge in [-0.15, -0.1) is 5.46 Å². The number of anilines is 1. The first-order valence-corrected chi connectivity index (χ1v) is 6.85. The fraction of sp³-hybridized carbons (Fsp3) is 0.429. The molecule has 0 saturated carbocycles. The highest BCUT2D eigenvalue weighted by molar-refractivity contribution is 6.74. The maximum Gasteiger partial charge on any atom is 0.509 e. The molecule has 1 aromatic rings. The van der Waals surface area contributed by atoms with Gasteiger partial charge >= 0.3 is 19.0 Å². The normalized spacial score (nSPS) is 12.0. The second-order valence-corrected chi connectivity index (χ2v) is 6.13. The molecule has 1 amide bonds. The molecule has 0 bridgehead atoms. The van der Waals surface area contributed by atoms with Crippen LogP contribution in [0.2, 0.25) is 0 Å². The fourth-order valence-electron chi connectivity index (χ4n) is 1.96. The van der Waals surface area contributed by atoms with Gasteiger partial charge in [-0.1, -0.05) is 11.6 Å². The van der Waals surface area contributed by atoms with Crippen molar-refractivity contribution in [1.29, 1.82) is 0 Å². The molecule has 0 fully saturated rings. The first-order valence-electron chi connectivity index (χ1n) is 6.85. The molecule has 2 N–H and O–H groups in total. The van der Waals surface area contributed by atoms with Gasteiger partial charge in [0.25, 0.3) is 0 Å². The number of carbonyl (C=O) groups is 2. The van der Waals surface area contributed by atoms with Crippen molar-refractivity contribution in [2.45, 2.75) is 39.7 Å². The van der Waals surface area contributed by atoms with Gasteiger partial charge in [0.1, 0.15) is 5.60 Å². The molecule has 0 aromatic heterocycles. The van der Waals surface area contributed by atoms with E-state index >= 15 is 0 Å². The molecule has 5 nitrogen and oxygen atoms in total. The Bertz CT molecular complexity index is 624. The molecule has 128 valence electrons. The highest BCUT2D eigenvalue weighted by Crippen LogP contribution is 2.22. The van der Waals surface area contributed by atoms with E-state index in [-0.39, 0.29) is 16.8 Å². The summed E-state index contributed by atoms with van der Waals surface area (Å²) >= 11 is 0. The summed E-state index contributed by atoms with van der Waals surface area (Å²) in [6.45, 7) is 0.713. The maximum atomic E-state index is 13.1. The third kappa shape index (κ3) is 5.84. The van der Waals surface area contributed by atoms with E-state index < -0.39 is 36.5 Å². The lowest BCUT2D eigenvalue weighted by Crippen LogP contribution is -2.37. The minimum absolute atomic E-state index is 0.0524. The molecular formula is C14H18BF3NO4-. The minimum Gasteiger partial charge on any atom is -0.481 e. The molecule has 9 heteroatoms. The number of ether oxygens (including phenoxy) is 1. The summed E-state index contributed by atoms with van der Waals surface area (Å²) in [5, 5.41) is 11.0. The molecule has 23 heavy (non-hydrogen) atoms. The first kappa shape index (κ1) is 18.9. The van der Waals surface area contributed by atoms with E-state index in [2.05, 4.69) is 5.32 Å². The summed E-state index contributed by atoms with van der Waals surface area (Å²) in [5.41, 5.74) is -2.10. The first-order chi connectivity index (χ1) is 10.3. The van der Waals surface area contributed by atoms with E-state index in [0.717, 1.165) is 6.07 Å². The smallest absolute Gasteiger partial charge is 0.481 e. The summed E-state index contributed by atoms with van der Waals surface area (Å²) in [6.07, 6.45) is -1.49. The van der Waals surface area contributed by atoms with Crippen molar-refractivity contribution >= 4 is 30.2 Å². The van der Waals surface area contributed by atoms with Gasteiger partial charge in [0.05, 0.1) is 6.42 Å². The molecule has 0 aliphatic rings. The van der Waals surface area contributed by atoms with E-state index in [1.165, 1.54) is 13.0 Å². The number of hydrogen-bond donors (Lipinski definition) is 2. The van der Waals surface area contributed by atoms with Crippen LogP contribution in [0.25, 0.3) is 0 Å². The van der Waals surface area contributed by atoms with E-state index in [1.54, 1.807) is 20.8 Å². The van der Waals surface area contributed by atoms with Gasteiger partial charge in [-0.3, -0.25) is 10.1 Å². The van der Waals surface area contributed by atoms with E-state index in [4.69, 9.17) is 9.84 Å². The zero-order chi connectivity index (χ0) is 18.0. The van der Waals surface area contributed by atoms with Crippen LogP contribution in [-0.4, -0.2) is 29.7 Å². The van der Waals surface area contributed by atoms with Crippen molar-refractivity contribution in [1.82, 2.24) is 0 Å². The molecule has 1 aromatic carbocycles. The Balaban J connectivity index is 3.24. The summed E-state index contributed by atoms with van der Waals surface area (Å²) in [7, 11) is 0. The van der Waals surface area contributed by atoms with Gasteiger partial charge in [0.2, 0.25) is 0 Å². The van der Waals surface area contributed by atoms with Crippen LogP contribution in [0.4, 0.5) is 23.4 Å². The van der Waals surface area contributed by atoms with Gasteiger partial charge in [-0.25, -0.2) is 4.79 Å². The van der Waals surface area contributed by atoms with Crippen molar-refractivity contribution in [2.24, 2.45) is 0 Å². The van der Waals surface area contributed by atoms with Gasteiger partial charge in [0.15, 0.2) is 0 Å². The van der Waals surface area contributed by atoms with Crippen LogP contribution in [0, 0.1) is 6.92 Å². The summed E-state index contributed by atoms with van der Waals surface area (Å²) in [6, 6.07) is 2.00. The number of rotatable bonds is 4. The highest BCUT2D eigenvalue weighted by Gasteiger charge is 2.29. The molecule has 0 radical (unpaired) electrons. The summed E-state index contributed by atoms with van der Waals surface area (Å²) in [5.74, 6) is -1.27. The standard InChI is InChI=1S/C14H18BF3NO4/c1-8-10(15(16,17)18)5-9(7-12(20)21)6-11(8)19-13(22)23-14(2,3)4/h5-6H,7H2,1-4H3,(H,19,22)(H,20,21)/q-1. The number of benzene rings is 1. The van der Waals surface area contributed by atoms with Crippen LogP contribution in [0.5, 0.6) is 0 Å². The van der Waals surface area contributed by atoms with E-state index in [1.807, 2.05) is 0 Å². The zero-order valence-corrected chi connectivity index (χ0v) is 13.2. The molecule has 0 unspecified atom stereocenters. The number of nitrogens with one attached hydrogen (secondary N) is 1. The quantitative estimate of drug-likeness (QED) is 0.831. The lowest BCUT2D eigenvalue weighted by atomic mass is 9.75. The molecule has 0 spiro atoms. The largest absolute Gasteiger partial charge is 0.509 e. The molecule has 0 aliphatic carbocycles. The zero-order valence-electron chi connectivity index (χ0n) is 13.2. The monoisotopic (exact) mass is 332 g/mol. The lowest BCUT2D eigenvalue weighted by Gasteiger charge is -2.24. The van der Waals surface area contributed by atoms with Crippen molar-refractivity contribution in [2.75, 3.05) is 5.32 Å². The van der Waals surface area contributed by atoms with Crippen LogP contribution < -0.4 is 10.8 Å². The maximum absolute atomic E-state index is 13.1. The van der Waals surface area contributed by atoms with Gasteiger partial charge in [-0.2, -0.15) is 0 Å². The van der Waals surface area contributed by atoms with Crippen molar-refractivity contribution in [3.63, 3.8) is 0 Å². The third-order valence-corrected chi connectivity index (χ3v) is 2.85. The Kier molecular flexibility index (Phi) is 5.34. The second-order valence-electron chi connectivity index (χ2n) is 6.13. The van der Waals surface area contributed by atoms with Crippen LogP contribution in [0.15, 0.2) is 12.1 Å². The second kappa shape index (κ2) is 6.51.